The van der Waals surface area contributed by atoms with Gasteiger partial charge in [-0.1, -0.05) is 19.0 Å². The first kappa shape index (κ1) is 8.47. The minimum absolute atomic E-state index is 0.756. The number of hydrogen-bond donors (Lipinski definition) is 0. The monoisotopic (exact) mass is 194 g/mol. The smallest absolute Gasteiger partial charge is 0.234 e. The predicted molar refractivity (Wildman–Crippen MR) is 61.7 cm³/mol. The Morgan fingerprint density at radius 2 is 2.00 bits per heavy atom. The van der Waals surface area contributed by atoms with Crippen LogP contribution in [0.1, 0.15) is 0 Å². The van der Waals surface area contributed by atoms with Gasteiger partial charge in [-0.25, -0.2) is 9.97 Å². The Morgan fingerprint density at radius 1 is 1.13 bits per heavy atom. The van der Waals surface area contributed by atoms with Crippen molar-refractivity contribution in [1.29, 1.82) is 0 Å². The van der Waals surface area contributed by atoms with E-state index in [0.717, 1.165) is 22.4 Å². The molecule has 2 aromatic heterocycles. The molecule has 0 N–H and O–H groups in total. The molecule has 0 aliphatic heterocycles. The van der Waals surface area contributed by atoms with Crippen LogP contribution in [0.15, 0.2) is 36.5 Å². The summed E-state index contributed by atoms with van der Waals surface area (Å²) >= 11 is 0. The lowest BCUT2D eigenvalue weighted by Crippen LogP contribution is -2.16. The van der Waals surface area contributed by atoms with Crippen LogP contribution < -0.4 is 5.59 Å². The van der Waals surface area contributed by atoms with Gasteiger partial charge in [0.1, 0.15) is 0 Å². The molecular weight excluding hydrogens is 185 g/mol. The molecule has 0 aliphatic rings. The second-order valence-corrected chi connectivity index (χ2v) is 3.41. The molecule has 1 aromatic carbocycles. The van der Waals surface area contributed by atoms with Gasteiger partial charge in [0.25, 0.3) is 0 Å². The molecule has 3 nitrogen and oxygen atoms in total. The molecule has 2 heterocycles. The third-order valence-electron chi connectivity index (χ3n) is 2.50. The standard InChI is InChI=1S/C11H9BN3/c1-12-10-6-7-15-9-5-3-2-4-8(9)13-11(15)14-10/h2-7H,1H3. The summed E-state index contributed by atoms with van der Waals surface area (Å²) in [6.45, 7) is 1.97. The van der Waals surface area contributed by atoms with Crippen molar-refractivity contribution in [2.24, 2.45) is 0 Å². The van der Waals surface area contributed by atoms with E-state index < -0.39 is 0 Å². The first-order valence-corrected chi connectivity index (χ1v) is 4.92. The first-order chi connectivity index (χ1) is 7.38. The van der Waals surface area contributed by atoms with Gasteiger partial charge in [0.15, 0.2) is 7.28 Å². The topological polar surface area (TPSA) is 30.2 Å². The summed E-state index contributed by atoms with van der Waals surface area (Å²) in [5.41, 5.74) is 3.04. The van der Waals surface area contributed by atoms with Gasteiger partial charge in [-0.15, -0.1) is 0 Å². The average Bonchev–Trinajstić information content (AvgIpc) is 2.66. The third kappa shape index (κ3) is 1.21. The molecule has 15 heavy (non-hydrogen) atoms. The molecule has 4 heteroatoms. The summed E-state index contributed by atoms with van der Waals surface area (Å²) in [5.74, 6) is 0.756. The van der Waals surface area contributed by atoms with Gasteiger partial charge in [-0.3, -0.25) is 4.40 Å². The second kappa shape index (κ2) is 3.09. The van der Waals surface area contributed by atoms with Crippen LogP contribution in [0.5, 0.6) is 0 Å². The van der Waals surface area contributed by atoms with E-state index in [-0.39, 0.29) is 0 Å². The fourth-order valence-corrected chi connectivity index (χ4v) is 1.72. The molecule has 0 unspecified atom stereocenters. The number of rotatable bonds is 1. The second-order valence-electron chi connectivity index (χ2n) is 3.41. The maximum absolute atomic E-state index is 4.46. The van der Waals surface area contributed by atoms with Crippen LogP contribution in [0.4, 0.5) is 0 Å². The van der Waals surface area contributed by atoms with Crippen LogP contribution in [0.2, 0.25) is 6.82 Å². The predicted octanol–water partition coefficient (Wildman–Crippen LogP) is 1.26. The molecule has 0 saturated carbocycles. The molecular formula is C11H9BN3. The Hall–Kier alpha value is -1.84. The SMILES string of the molecule is C[B]c1ccn2c(n1)nc1ccccc12. The lowest BCUT2D eigenvalue weighted by Gasteiger charge is -1.96. The van der Waals surface area contributed by atoms with Gasteiger partial charge in [-0.05, 0) is 18.2 Å². The number of fused-ring (bicyclic) bond motifs is 3. The molecule has 71 valence electrons. The van der Waals surface area contributed by atoms with E-state index in [0.29, 0.717) is 0 Å². The van der Waals surface area contributed by atoms with Crippen LogP contribution in [0.25, 0.3) is 16.8 Å². The van der Waals surface area contributed by atoms with Crippen molar-refractivity contribution in [1.82, 2.24) is 14.4 Å². The summed E-state index contributed by atoms with van der Waals surface area (Å²) in [7, 11) is 1.97. The number of benzene rings is 1. The third-order valence-corrected chi connectivity index (χ3v) is 2.50. The number of nitrogens with zero attached hydrogens (tertiary/aromatic N) is 3. The highest BCUT2D eigenvalue weighted by atomic mass is 15.1. The summed E-state index contributed by atoms with van der Waals surface area (Å²) in [6.07, 6.45) is 2.01. The van der Waals surface area contributed by atoms with E-state index in [1.807, 2.05) is 55.0 Å². The highest BCUT2D eigenvalue weighted by Crippen LogP contribution is 2.13. The quantitative estimate of drug-likeness (QED) is 0.546. The lowest BCUT2D eigenvalue weighted by atomic mass is 9.78. The largest absolute Gasteiger partial charge is 0.284 e. The van der Waals surface area contributed by atoms with Gasteiger partial charge < -0.3 is 0 Å². The first-order valence-electron chi connectivity index (χ1n) is 4.92. The fourth-order valence-electron chi connectivity index (χ4n) is 1.72. The van der Waals surface area contributed by atoms with E-state index in [4.69, 9.17) is 0 Å². The van der Waals surface area contributed by atoms with Crippen LogP contribution in [-0.4, -0.2) is 21.6 Å². The number of aromatic nitrogens is 3. The van der Waals surface area contributed by atoms with Crippen LogP contribution in [0, 0.1) is 0 Å². The van der Waals surface area contributed by atoms with E-state index >= 15 is 0 Å². The van der Waals surface area contributed by atoms with Crippen molar-refractivity contribution in [3.8, 4) is 0 Å². The van der Waals surface area contributed by atoms with E-state index in [1.54, 1.807) is 0 Å². The molecule has 0 fully saturated rings. The minimum atomic E-state index is 0.756. The minimum Gasteiger partial charge on any atom is -0.284 e. The van der Waals surface area contributed by atoms with Crippen molar-refractivity contribution in [3.05, 3.63) is 36.5 Å². The molecule has 0 atom stereocenters. The van der Waals surface area contributed by atoms with Crippen LogP contribution in [-0.2, 0) is 0 Å². The molecule has 1 radical (unpaired) electrons. The molecule has 3 aromatic rings. The van der Waals surface area contributed by atoms with Crippen molar-refractivity contribution < 1.29 is 0 Å². The molecule has 0 saturated heterocycles. The van der Waals surface area contributed by atoms with Crippen LogP contribution >= 0.6 is 0 Å². The normalized spacial score (nSPS) is 11.0. The Bertz CT molecular complexity index is 630. The summed E-state index contributed by atoms with van der Waals surface area (Å²) in [5, 5.41) is 0. The number of hydrogen-bond acceptors (Lipinski definition) is 2. The summed E-state index contributed by atoms with van der Waals surface area (Å²) < 4.78 is 2.00. The summed E-state index contributed by atoms with van der Waals surface area (Å²) in [6, 6.07) is 10.0. The molecule has 0 aliphatic carbocycles. The number of para-hydroxylation sites is 2. The summed E-state index contributed by atoms with van der Waals surface area (Å²) in [4.78, 5) is 8.88. The van der Waals surface area contributed by atoms with Crippen molar-refractivity contribution in [3.63, 3.8) is 0 Å². The molecule has 0 amide bonds. The van der Waals surface area contributed by atoms with Gasteiger partial charge in [0.05, 0.1) is 11.0 Å². The zero-order valence-electron chi connectivity index (χ0n) is 8.38. The Labute approximate surface area is 88.0 Å². The van der Waals surface area contributed by atoms with E-state index in [9.17, 15) is 0 Å². The maximum Gasteiger partial charge on any atom is 0.234 e. The highest BCUT2D eigenvalue weighted by molar-refractivity contribution is 6.50. The van der Waals surface area contributed by atoms with E-state index in [1.165, 1.54) is 0 Å². The maximum atomic E-state index is 4.46. The lowest BCUT2D eigenvalue weighted by molar-refractivity contribution is 1.15. The molecule has 3 rings (SSSR count). The molecule has 0 bridgehead atoms. The Morgan fingerprint density at radius 3 is 2.87 bits per heavy atom. The highest BCUT2D eigenvalue weighted by Gasteiger charge is 2.04. The van der Waals surface area contributed by atoms with E-state index in [2.05, 4.69) is 9.97 Å². The van der Waals surface area contributed by atoms with Gasteiger partial charge in [0, 0.05) is 11.8 Å². The average molecular weight is 194 g/mol. The number of imidazole rings is 1. The van der Waals surface area contributed by atoms with Gasteiger partial charge >= 0.3 is 0 Å². The Kier molecular flexibility index (Phi) is 1.74. The zero-order valence-corrected chi connectivity index (χ0v) is 8.38. The molecule has 0 spiro atoms. The van der Waals surface area contributed by atoms with Crippen molar-refractivity contribution in [2.45, 2.75) is 6.82 Å². The van der Waals surface area contributed by atoms with Crippen molar-refractivity contribution in [2.75, 3.05) is 0 Å². The Balaban J connectivity index is 2.43. The van der Waals surface area contributed by atoms with Gasteiger partial charge in [-0.2, -0.15) is 0 Å². The van der Waals surface area contributed by atoms with Crippen LogP contribution in [0.3, 0.4) is 0 Å². The van der Waals surface area contributed by atoms with Gasteiger partial charge in [0.2, 0.25) is 5.78 Å². The van der Waals surface area contributed by atoms with Crippen molar-refractivity contribution >= 4 is 29.7 Å². The zero-order chi connectivity index (χ0) is 10.3. The fraction of sp³-hybridized carbons (Fsp3) is 0.0909.